The zero-order valence-electron chi connectivity index (χ0n) is 9.67. The summed E-state index contributed by atoms with van der Waals surface area (Å²) in [5.74, 6) is -0.909. The van der Waals surface area contributed by atoms with Crippen LogP contribution in [-0.4, -0.2) is 47.3 Å². The SMILES string of the molecule is CC(C(=O)O)c1ccnc(N2CCOCC2)n1. The molecule has 0 radical (unpaired) electrons. The van der Waals surface area contributed by atoms with Gasteiger partial charge in [0.25, 0.3) is 0 Å². The Kier molecular flexibility index (Phi) is 3.53. The van der Waals surface area contributed by atoms with Crippen molar-refractivity contribution in [1.29, 1.82) is 0 Å². The van der Waals surface area contributed by atoms with Gasteiger partial charge in [-0.3, -0.25) is 4.79 Å². The molecule has 1 aliphatic heterocycles. The molecule has 0 aromatic carbocycles. The highest BCUT2D eigenvalue weighted by Crippen LogP contribution is 2.16. The summed E-state index contributed by atoms with van der Waals surface area (Å²) in [5.41, 5.74) is 0.536. The van der Waals surface area contributed by atoms with E-state index in [1.165, 1.54) is 0 Å². The molecule has 2 rings (SSSR count). The molecule has 1 atom stereocenters. The minimum Gasteiger partial charge on any atom is -0.481 e. The van der Waals surface area contributed by atoms with E-state index in [4.69, 9.17) is 9.84 Å². The average molecular weight is 237 g/mol. The van der Waals surface area contributed by atoms with Crippen LogP contribution in [0.3, 0.4) is 0 Å². The summed E-state index contributed by atoms with van der Waals surface area (Å²) in [4.78, 5) is 21.4. The number of hydrogen-bond donors (Lipinski definition) is 1. The van der Waals surface area contributed by atoms with Gasteiger partial charge in [0, 0.05) is 19.3 Å². The summed E-state index contributed by atoms with van der Waals surface area (Å²) >= 11 is 0. The van der Waals surface area contributed by atoms with Gasteiger partial charge in [0.05, 0.1) is 24.8 Å². The highest BCUT2D eigenvalue weighted by Gasteiger charge is 2.18. The molecular weight excluding hydrogens is 222 g/mol. The fraction of sp³-hybridized carbons (Fsp3) is 0.545. The summed E-state index contributed by atoms with van der Waals surface area (Å²) in [7, 11) is 0. The fourth-order valence-corrected chi connectivity index (χ4v) is 1.65. The number of ether oxygens (including phenoxy) is 1. The lowest BCUT2D eigenvalue weighted by Gasteiger charge is -2.27. The zero-order chi connectivity index (χ0) is 12.3. The highest BCUT2D eigenvalue weighted by atomic mass is 16.5. The summed E-state index contributed by atoms with van der Waals surface area (Å²) in [6.07, 6.45) is 1.60. The molecule has 1 fully saturated rings. The van der Waals surface area contributed by atoms with E-state index in [0.717, 1.165) is 13.1 Å². The van der Waals surface area contributed by atoms with Crippen molar-refractivity contribution >= 4 is 11.9 Å². The van der Waals surface area contributed by atoms with Gasteiger partial charge >= 0.3 is 5.97 Å². The molecule has 1 unspecified atom stereocenters. The Bertz CT molecular complexity index is 405. The van der Waals surface area contributed by atoms with Crippen LogP contribution in [0.5, 0.6) is 0 Å². The van der Waals surface area contributed by atoms with E-state index in [1.54, 1.807) is 19.2 Å². The summed E-state index contributed by atoms with van der Waals surface area (Å²) in [6, 6.07) is 1.64. The second-order valence-corrected chi connectivity index (χ2v) is 3.94. The average Bonchev–Trinajstić information content (AvgIpc) is 2.39. The maximum absolute atomic E-state index is 10.9. The van der Waals surface area contributed by atoms with Crippen LogP contribution in [0, 0.1) is 0 Å². The van der Waals surface area contributed by atoms with Gasteiger partial charge in [0.1, 0.15) is 0 Å². The first-order valence-electron chi connectivity index (χ1n) is 5.57. The third kappa shape index (κ3) is 2.71. The standard InChI is InChI=1S/C11H15N3O3/c1-8(10(15)16)9-2-3-12-11(13-9)14-4-6-17-7-5-14/h2-3,8H,4-7H2,1H3,(H,15,16). The van der Waals surface area contributed by atoms with Gasteiger partial charge in [0.2, 0.25) is 5.95 Å². The third-order valence-corrected chi connectivity index (χ3v) is 2.77. The second-order valence-electron chi connectivity index (χ2n) is 3.94. The minimum atomic E-state index is -0.878. The Balaban J connectivity index is 2.18. The van der Waals surface area contributed by atoms with Gasteiger partial charge in [-0.25, -0.2) is 9.97 Å². The van der Waals surface area contributed by atoms with E-state index in [-0.39, 0.29) is 0 Å². The van der Waals surface area contributed by atoms with Crippen molar-refractivity contribution in [2.45, 2.75) is 12.8 Å². The number of morpholine rings is 1. The van der Waals surface area contributed by atoms with Crippen LogP contribution in [0.4, 0.5) is 5.95 Å². The van der Waals surface area contributed by atoms with Crippen molar-refractivity contribution in [2.24, 2.45) is 0 Å². The van der Waals surface area contributed by atoms with E-state index in [0.29, 0.717) is 24.9 Å². The largest absolute Gasteiger partial charge is 0.481 e. The Labute approximate surface area is 99.2 Å². The maximum atomic E-state index is 10.9. The van der Waals surface area contributed by atoms with Gasteiger partial charge in [-0.15, -0.1) is 0 Å². The predicted octanol–water partition coefficient (Wildman–Crippen LogP) is 0.501. The van der Waals surface area contributed by atoms with Gasteiger partial charge in [-0.1, -0.05) is 0 Å². The molecule has 92 valence electrons. The molecule has 2 heterocycles. The first kappa shape index (κ1) is 11.8. The molecule has 1 N–H and O–H groups in total. The summed E-state index contributed by atoms with van der Waals surface area (Å²) in [5, 5.41) is 8.94. The number of carboxylic acids is 1. The van der Waals surface area contributed by atoms with Gasteiger partial charge in [-0.2, -0.15) is 0 Å². The second kappa shape index (κ2) is 5.09. The molecule has 6 heteroatoms. The van der Waals surface area contributed by atoms with Gasteiger partial charge < -0.3 is 14.7 Å². The first-order valence-corrected chi connectivity index (χ1v) is 5.57. The first-order chi connectivity index (χ1) is 8.18. The molecule has 1 aliphatic rings. The van der Waals surface area contributed by atoms with Crippen LogP contribution in [0.15, 0.2) is 12.3 Å². The Morgan fingerprint density at radius 1 is 1.53 bits per heavy atom. The number of anilines is 1. The highest BCUT2D eigenvalue weighted by molar-refractivity contribution is 5.74. The number of hydrogen-bond acceptors (Lipinski definition) is 5. The summed E-state index contributed by atoms with van der Waals surface area (Å²) < 4.78 is 5.25. The number of carbonyl (C=O) groups is 1. The van der Waals surface area contributed by atoms with E-state index < -0.39 is 11.9 Å². The lowest BCUT2D eigenvalue weighted by molar-refractivity contribution is -0.138. The molecule has 1 aromatic rings. The van der Waals surface area contributed by atoms with E-state index in [1.807, 2.05) is 4.90 Å². The third-order valence-electron chi connectivity index (χ3n) is 2.77. The van der Waals surface area contributed by atoms with Gasteiger partial charge in [-0.05, 0) is 13.0 Å². The van der Waals surface area contributed by atoms with Crippen molar-refractivity contribution in [1.82, 2.24) is 9.97 Å². The lowest BCUT2D eigenvalue weighted by atomic mass is 10.1. The minimum absolute atomic E-state index is 0.536. The quantitative estimate of drug-likeness (QED) is 0.825. The lowest BCUT2D eigenvalue weighted by Crippen LogP contribution is -2.37. The molecule has 0 bridgehead atoms. The van der Waals surface area contributed by atoms with Crippen LogP contribution < -0.4 is 4.90 Å². The molecule has 6 nitrogen and oxygen atoms in total. The van der Waals surface area contributed by atoms with Crippen LogP contribution in [0.2, 0.25) is 0 Å². The Morgan fingerprint density at radius 2 is 2.24 bits per heavy atom. The van der Waals surface area contributed by atoms with Crippen LogP contribution in [0.1, 0.15) is 18.5 Å². The zero-order valence-corrected chi connectivity index (χ0v) is 9.67. The Hall–Kier alpha value is -1.69. The topological polar surface area (TPSA) is 75.5 Å². The van der Waals surface area contributed by atoms with E-state index >= 15 is 0 Å². The number of aromatic nitrogens is 2. The van der Waals surface area contributed by atoms with Crippen molar-refractivity contribution in [3.05, 3.63) is 18.0 Å². The van der Waals surface area contributed by atoms with Crippen LogP contribution in [-0.2, 0) is 9.53 Å². The van der Waals surface area contributed by atoms with Crippen molar-refractivity contribution in [3.63, 3.8) is 0 Å². The fourth-order valence-electron chi connectivity index (χ4n) is 1.65. The van der Waals surface area contributed by atoms with Crippen LogP contribution in [0.25, 0.3) is 0 Å². The van der Waals surface area contributed by atoms with E-state index in [9.17, 15) is 4.79 Å². The molecule has 1 aromatic heterocycles. The summed E-state index contributed by atoms with van der Waals surface area (Å²) in [6.45, 7) is 4.41. The number of nitrogens with zero attached hydrogens (tertiary/aromatic N) is 3. The molecule has 17 heavy (non-hydrogen) atoms. The normalized spacial score (nSPS) is 17.8. The molecule has 0 aliphatic carbocycles. The van der Waals surface area contributed by atoms with Gasteiger partial charge in [0.15, 0.2) is 0 Å². The van der Waals surface area contributed by atoms with E-state index in [2.05, 4.69) is 9.97 Å². The Morgan fingerprint density at radius 3 is 2.88 bits per heavy atom. The van der Waals surface area contributed by atoms with Crippen molar-refractivity contribution in [3.8, 4) is 0 Å². The molecule has 0 amide bonds. The van der Waals surface area contributed by atoms with Crippen molar-refractivity contribution in [2.75, 3.05) is 31.2 Å². The molecular formula is C11H15N3O3. The maximum Gasteiger partial charge on any atom is 0.312 e. The monoisotopic (exact) mass is 237 g/mol. The molecule has 0 saturated carbocycles. The molecule has 1 saturated heterocycles. The number of aliphatic carboxylic acids is 1. The smallest absolute Gasteiger partial charge is 0.312 e. The number of rotatable bonds is 3. The predicted molar refractivity (Wildman–Crippen MR) is 61.1 cm³/mol. The van der Waals surface area contributed by atoms with Crippen molar-refractivity contribution < 1.29 is 14.6 Å². The molecule has 0 spiro atoms. The van der Waals surface area contributed by atoms with Crippen LogP contribution >= 0.6 is 0 Å². The number of carboxylic acid groups (broad SMARTS) is 1.